The van der Waals surface area contributed by atoms with Crippen LogP contribution in [0.1, 0.15) is 30.0 Å². The number of hydrogen-bond donors (Lipinski definition) is 11. The van der Waals surface area contributed by atoms with Crippen LogP contribution in [-0.4, -0.2) is 194 Å². The molecule has 2 aromatic rings. The molecule has 0 aliphatic rings. The first kappa shape index (κ1) is 44.8. The van der Waals surface area contributed by atoms with E-state index in [2.05, 4.69) is 35.2 Å². The molecule has 0 aliphatic heterocycles. The lowest BCUT2D eigenvalue weighted by Gasteiger charge is -2.33. The maximum absolute atomic E-state index is 12.7. The predicted octanol–water partition coefficient (Wildman–Crippen LogP) is -4.77. The first-order valence-corrected chi connectivity index (χ1v) is 17.2. The molecule has 0 aliphatic carbocycles. The maximum Gasteiger partial charge on any atom is 0.254 e. The molecular weight excluding hydrogens is 676 g/mol. The van der Waals surface area contributed by atoms with E-state index in [-0.39, 0.29) is 52.1 Å². The van der Waals surface area contributed by atoms with Crippen molar-refractivity contribution in [2.24, 2.45) is 0 Å². The molecule has 18 heteroatoms. The third-order valence-corrected chi connectivity index (χ3v) is 8.60. The number of imidazole rings is 1. The number of nitrogens with one attached hydrogen (secondary N) is 1. The Kier molecular flexibility index (Phi) is 20.5. The van der Waals surface area contributed by atoms with E-state index >= 15 is 0 Å². The van der Waals surface area contributed by atoms with Crippen LogP contribution in [-0.2, 0) is 27.3 Å². The summed E-state index contributed by atoms with van der Waals surface area (Å²) in [4.78, 5) is 14.1. The van der Waals surface area contributed by atoms with Crippen LogP contribution >= 0.6 is 0 Å². The van der Waals surface area contributed by atoms with Crippen LogP contribution in [0.3, 0.4) is 0 Å². The number of aromatic nitrogens is 2. The van der Waals surface area contributed by atoms with Gasteiger partial charge in [-0.2, -0.15) is 0 Å². The molecule has 11 N–H and O–H groups in total. The van der Waals surface area contributed by atoms with Crippen molar-refractivity contribution in [1.82, 2.24) is 14.8 Å². The fourth-order valence-electron chi connectivity index (χ4n) is 5.60. The summed E-state index contributed by atoms with van der Waals surface area (Å²) < 4.78 is 20.9. The van der Waals surface area contributed by atoms with Gasteiger partial charge in [-0.3, -0.25) is 9.69 Å². The van der Waals surface area contributed by atoms with E-state index in [1.807, 2.05) is 18.2 Å². The van der Waals surface area contributed by atoms with Crippen LogP contribution in [0.5, 0.6) is 0 Å². The standard InChI is InChI=1S/C33H58N4O14/c1-4-36-21(3)37(5-2)24-16-22(6-7-23(24)36)33(48)34-8-10-49-12-14-51-15-13-50-11-9-35(17-25(40)29(44)31(46)27(42)19-38)18-26(41)30(45)32(47)28(43)20-39/h6-7,16,25-32,38-47H,4-5,8-15,17-20H2,1-3H3/p+1/t25-,26-,27+,28+,29+,30+,31+,32+/m0/s1. The van der Waals surface area contributed by atoms with Crippen molar-refractivity contribution in [2.75, 3.05) is 79.0 Å². The molecule has 294 valence electrons. The highest BCUT2D eigenvalue weighted by Crippen LogP contribution is 2.17. The SMILES string of the molecule is CCn1c(C)[n+](CC)c2ccc(C(=O)NCCOCCOCCOCCN(C[C@H](O)[C@@H](O)[C@H](O)[C@H](O)CO)C[C@H](O)[C@@H](O)[C@H](O)[C@H](O)CO)cc21. The summed E-state index contributed by atoms with van der Waals surface area (Å²) in [5.41, 5.74) is 2.66. The van der Waals surface area contributed by atoms with Gasteiger partial charge in [0.05, 0.1) is 78.2 Å². The van der Waals surface area contributed by atoms with Gasteiger partial charge in [0.25, 0.3) is 11.7 Å². The summed E-state index contributed by atoms with van der Waals surface area (Å²) in [5, 5.41) is 101. The summed E-state index contributed by atoms with van der Waals surface area (Å²) in [5.74, 6) is 0.944. The highest BCUT2D eigenvalue weighted by molar-refractivity contribution is 5.97. The maximum atomic E-state index is 12.7. The van der Waals surface area contributed by atoms with Crippen molar-refractivity contribution in [3.05, 3.63) is 29.6 Å². The molecule has 0 radical (unpaired) electrons. The summed E-state index contributed by atoms with van der Waals surface area (Å²) in [6, 6.07) is 5.68. The normalized spacial score (nSPS) is 16.9. The number of aliphatic hydroxyl groups is 10. The third-order valence-electron chi connectivity index (χ3n) is 8.60. The molecule has 2 rings (SSSR count). The second-order valence-corrected chi connectivity index (χ2v) is 12.2. The van der Waals surface area contributed by atoms with Gasteiger partial charge in [-0.15, -0.1) is 0 Å². The van der Waals surface area contributed by atoms with Gasteiger partial charge in [0.1, 0.15) is 36.6 Å². The minimum absolute atomic E-state index is 0.0251. The van der Waals surface area contributed by atoms with Crippen molar-refractivity contribution in [3.63, 3.8) is 0 Å². The zero-order chi connectivity index (χ0) is 38.1. The fourth-order valence-corrected chi connectivity index (χ4v) is 5.60. The number of carbonyl (C=O) groups excluding carboxylic acids is 1. The average Bonchev–Trinajstić information content (AvgIpc) is 3.41. The van der Waals surface area contributed by atoms with Gasteiger partial charge in [-0.1, -0.05) is 0 Å². The molecule has 0 bridgehead atoms. The van der Waals surface area contributed by atoms with Gasteiger partial charge in [0, 0.05) is 44.7 Å². The molecule has 1 heterocycles. The highest BCUT2D eigenvalue weighted by atomic mass is 16.5. The lowest BCUT2D eigenvalue weighted by Crippen LogP contribution is -2.53. The molecule has 51 heavy (non-hydrogen) atoms. The lowest BCUT2D eigenvalue weighted by molar-refractivity contribution is -0.674. The Morgan fingerprint density at radius 3 is 1.75 bits per heavy atom. The van der Waals surface area contributed by atoms with Crippen LogP contribution < -0.4 is 9.88 Å². The van der Waals surface area contributed by atoms with Crippen molar-refractivity contribution in [1.29, 1.82) is 0 Å². The minimum atomic E-state index is -1.88. The number of fused-ring (bicyclic) bond motifs is 1. The number of ether oxygens (including phenoxy) is 3. The molecule has 1 amide bonds. The van der Waals surface area contributed by atoms with Gasteiger partial charge < -0.3 is 70.6 Å². The Bertz CT molecular complexity index is 1260. The molecule has 8 atom stereocenters. The highest BCUT2D eigenvalue weighted by Gasteiger charge is 2.34. The van der Waals surface area contributed by atoms with E-state index < -0.39 is 75.1 Å². The van der Waals surface area contributed by atoms with E-state index in [0.717, 1.165) is 29.9 Å². The fraction of sp³-hybridized carbons (Fsp3) is 0.758. The Morgan fingerprint density at radius 1 is 0.765 bits per heavy atom. The van der Waals surface area contributed by atoms with E-state index in [0.29, 0.717) is 12.1 Å². The van der Waals surface area contributed by atoms with Crippen LogP contribution in [0.4, 0.5) is 0 Å². The topological polar surface area (TPSA) is 271 Å². The van der Waals surface area contributed by atoms with Crippen molar-refractivity contribution < 1.29 is 74.6 Å². The Balaban J connectivity index is 1.70. The Hall–Kier alpha value is -2.40. The van der Waals surface area contributed by atoms with Crippen molar-refractivity contribution >= 4 is 16.9 Å². The Labute approximate surface area is 297 Å². The number of rotatable bonds is 27. The third kappa shape index (κ3) is 13.5. The zero-order valence-corrected chi connectivity index (χ0v) is 29.7. The molecule has 0 saturated carbocycles. The molecule has 0 spiro atoms. The quantitative estimate of drug-likeness (QED) is 0.0304. The number of nitrogens with zero attached hydrogens (tertiary/aromatic N) is 3. The zero-order valence-electron chi connectivity index (χ0n) is 29.7. The summed E-state index contributed by atoms with van der Waals surface area (Å²) in [6.45, 7) is 6.94. The van der Waals surface area contributed by atoms with Gasteiger partial charge >= 0.3 is 0 Å². The average molecular weight is 736 g/mol. The number of aryl methyl sites for hydroxylation is 2. The number of carbonyl (C=O) groups is 1. The van der Waals surface area contributed by atoms with Crippen LogP contribution in [0, 0.1) is 6.92 Å². The second-order valence-electron chi connectivity index (χ2n) is 12.2. The van der Waals surface area contributed by atoms with E-state index in [1.165, 1.54) is 4.90 Å². The molecule has 1 aromatic heterocycles. The largest absolute Gasteiger partial charge is 0.394 e. The number of benzene rings is 1. The number of hydrogen-bond acceptors (Lipinski definition) is 15. The smallest absolute Gasteiger partial charge is 0.254 e. The van der Waals surface area contributed by atoms with Crippen molar-refractivity contribution in [2.45, 2.75) is 82.7 Å². The van der Waals surface area contributed by atoms with Gasteiger partial charge in [0.2, 0.25) is 0 Å². The van der Waals surface area contributed by atoms with E-state index in [1.54, 1.807) is 0 Å². The Morgan fingerprint density at radius 2 is 1.25 bits per heavy atom. The van der Waals surface area contributed by atoms with E-state index in [9.17, 15) is 45.6 Å². The molecular formula is C33H59N4O14+. The molecule has 1 aromatic carbocycles. The predicted molar refractivity (Wildman–Crippen MR) is 182 cm³/mol. The van der Waals surface area contributed by atoms with Gasteiger partial charge in [0.15, 0.2) is 11.0 Å². The monoisotopic (exact) mass is 735 g/mol. The van der Waals surface area contributed by atoms with E-state index in [4.69, 9.17) is 24.4 Å². The molecule has 0 unspecified atom stereocenters. The van der Waals surface area contributed by atoms with Gasteiger partial charge in [-0.25, -0.2) is 9.13 Å². The van der Waals surface area contributed by atoms with Crippen LogP contribution in [0.2, 0.25) is 0 Å². The van der Waals surface area contributed by atoms with Gasteiger partial charge in [-0.05, 0) is 26.0 Å². The summed E-state index contributed by atoms with van der Waals surface area (Å²) in [7, 11) is 0. The molecule has 0 fully saturated rings. The first-order chi connectivity index (χ1) is 24.3. The minimum Gasteiger partial charge on any atom is -0.394 e. The second kappa shape index (κ2) is 23.3. The van der Waals surface area contributed by atoms with Crippen LogP contribution in [0.25, 0.3) is 11.0 Å². The molecule has 18 nitrogen and oxygen atoms in total. The lowest BCUT2D eigenvalue weighted by atomic mass is 10.0. The number of amides is 1. The number of aliphatic hydroxyl groups excluding tert-OH is 10. The summed E-state index contributed by atoms with van der Waals surface area (Å²) in [6.07, 6.45) is -14.3. The summed E-state index contributed by atoms with van der Waals surface area (Å²) >= 11 is 0. The molecule has 0 saturated heterocycles. The van der Waals surface area contributed by atoms with Crippen molar-refractivity contribution in [3.8, 4) is 0 Å². The van der Waals surface area contributed by atoms with Crippen LogP contribution in [0.15, 0.2) is 18.2 Å². The first-order valence-electron chi connectivity index (χ1n) is 17.2.